The van der Waals surface area contributed by atoms with Crippen LogP contribution in [0, 0.1) is 5.92 Å². The second kappa shape index (κ2) is 4.21. The first kappa shape index (κ1) is 10.3. The molecule has 0 saturated heterocycles. The van der Waals surface area contributed by atoms with Crippen LogP contribution in [0.3, 0.4) is 0 Å². The van der Waals surface area contributed by atoms with Gasteiger partial charge in [0.2, 0.25) is 0 Å². The Bertz CT molecular complexity index is 485. The Morgan fingerprint density at radius 3 is 1.47 bits per heavy atom. The summed E-state index contributed by atoms with van der Waals surface area (Å²) in [5.74, 6) is 0.666. The average Bonchev–Trinajstić information content (AvgIpc) is 3.15. The summed E-state index contributed by atoms with van der Waals surface area (Å²) in [4.78, 5) is 0. The molecule has 1 aliphatic rings. The minimum absolute atomic E-state index is 0.666. The molecule has 0 heteroatoms. The molecule has 0 amide bonds. The molecule has 0 bridgehead atoms. The van der Waals surface area contributed by atoms with Gasteiger partial charge in [-0.2, -0.15) is 0 Å². The fraction of sp³-hybridized carbons (Fsp3) is 0.176. The molecule has 0 spiro atoms. The lowest BCUT2D eigenvalue weighted by atomic mass is 10.1. The molecule has 3 rings (SSSR count). The molecule has 0 nitrogen and oxygen atoms in total. The van der Waals surface area contributed by atoms with E-state index in [2.05, 4.69) is 67.6 Å². The Morgan fingerprint density at radius 2 is 1.12 bits per heavy atom. The number of rotatable bonds is 3. The number of hydrogen-bond acceptors (Lipinski definition) is 0. The number of benzene rings is 2. The van der Waals surface area contributed by atoms with Gasteiger partial charge in [0, 0.05) is 5.92 Å². The van der Waals surface area contributed by atoms with Gasteiger partial charge in [-0.15, -0.1) is 0 Å². The normalized spacial score (nSPS) is 15.1. The van der Waals surface area contributed by atoms with E-state index < -0.39 is 0 Å². The predicted molar refractivity (Wildman–Crippen MR) is 73.5 cm³/mol. The van der Waals surface area contributed by atoms with Crippen LogP contribution in [0.25, 0.3) is 11.1 Å². The van der Waals surface area contributed by atoms with Gasteiger partial charge < -0.3 is 0 Å². The lowest BCUT2D eigenvalue weighted by Gasteiger charge is -1.96. The van der Waals surface area contributed by atoms with Gasteiger partial charge in [-0.05, 0) is 28.7 Å². The zero-order valence-corrected chi connectivity index (χ0v) is 10.1. The highest BCUT2D eigenvalue weighted by Crippen LogP contribution is 2.54. The largest absolute Gasteiger partial charge is 0.0645 e. The summed E-state index contributed by atoms with van der Waals surface area (Å²) in [6.07, 6.45) is 1.20. The van der Waals surface area contributed by atoms with Crippen LogP contribution in [0.2, 0.25) is 0 Å². The van der Waals surface area contributed by atoms with Gasteiger partial charge in [0.05, 0.1) is 0 Å². The van der Waals surface area contributed by atoms with Crippen LogP contribution in [0.5, 0.6) is 0 Å². The van der Waals surface area contributed by atoms with E-state index in [-0.39, 0.29) is 0 Å². The van der Waals surface area contributed by atoms with E-state index in [0.29, 0.717) is 5.92 Å². The minimum Gasteiger partial charge on any atom is -0.0645 e. The van der Waals surface area contributed by atoms with Crippen LogP contribution in [0.15, 0.2) is 60.7 Å². The highest BCUT2D eigenvalue weighted by atomic mass is 14.4. The lowest BCUT2D eigenvalue weighted by molar-refractivity contribution is 0.884. The number of hydrogen-bond donors (Lipinski definition) is 0. The van der Waals surface area contributed by atoms with Crippen molar-refractivity contribution in [1.82, 2.24) is 0 Å². The van der Waals surface area contributed by atoms with Gasteiger partial charge in [-0.3, -0.25) is 0 Å². The molecule has 0 unspecified atom stereocenters. The molecule has 2 aromatic rings. The van der Waals surface area contributed by atoms with E-state index in [1.54, 1.807) is 11.1 Å². The molecule has 0 N–H and O–H groups in total. The second-order valence-electron chi connectivity index (χ2n) is 4.52. The molecule has 0 heterocycles. The van der Waals surface area contributed by atoms with Crippen LogP contribution >= 0.6 is 0 Å². The van der Waals surface area contributed by atoms with Crippen LogP contribution in [0.4, 0.5) is 0 Å². The molecule has 1 aliphatic carbocycles. The van der Waals surface area contributed by atoms with Crippen LogP contribution in [0.1, 0.15) is 24.5 Å². The lowest BCUT2D eigenvalue weighted by Crippen LogP contribution is -1.81. The first-order valence-corrected chi connectivity index (χ1v) is 6.26. The van der Waals surface area contributed by atoms with E-state index in [4.69, 9.17) is 0 Å². The van der Waals surface area contributed by atoms with E-state index >= 15 is 0 Å². The summed E-state index contributed by atoms with van der Waals surface area (Å²) in [5, 5.41) is 0. The van der Waals surface area contributed by atoms with Gasteiger partial charge in [-0.25, -0.2) is 0 Å². The van der Waals surface area contributed by atoms with Crippen molar-refractivity contribution in [2.45, 2.75) is 13.3 Å². The van der Waals surface area contributed by atoms with Crippen molar-refractivity contribution in [3.63, 3.8) is 0 Å². The molecule has 0 fully saturated rings. The Labute approximate surface area is 103 Å². The first-order valence-electron chi connectivity index (χ1n) is 6.26. The van der Waals surface area contributed by atoms with Gasteiger partial charge in [-0.1, -0.05) is 67.6 Å². The van der Waals surface area contributed by atoms with Crippen molar-refractivity contribution in [2.75, 3.05) is 0 Å². The minimum atomic E-state index is 0.666. The van der Waals surface area contributed by atoms with Crippen molar-refractivity contribution >= 4 is 11.1 Å². The van der Waals surface area contributed by atoms with Crippen LogP contribution < -0.4 is 0 Å². The molecule has 0 radical (unpaired) electrons. The third kappa shape index (κ3) is 1.80. The third-order valence-electron chi connectivity index (χ3n) is 3.48. The summed E-state index contributed by atoms with van der Waals surface area (Å²) in [5.41, 5.74) is 5.86. The predicted octanol–water partition coefficient (Wildman–Crippen LogP) is 4.64. The Kier molecular flexibility index (Phi) is 2.56. The Balaban J connectivity index is 2.01. The average molecular weight is 220 g/mol. The summed E-state index contributed by atoms with van der Waals surface area (Å²) in [6.45, 7) is 2.27. The van der Waals surface area contributed by atoms with Crippen molar-refractivity contribution in [2.24, 2.45) is 5.92 Å². The molecule has 0 atom stereocenters. The van der Waals surface area contributed by atoms with E-state index in [1.165, 1.54) is 17.5 Å². The smallest absolute Gasteiger partial charge is 0.0105 e. The summed E-state index contributed by atoms with van der Waals surface area (Å²) in [6, 6.07) is 21.5. The van der Waals surface area contributed by atoms with Gasteiger partial charge >= 0.3 is 0 Å². The van der Waals surface area contributed by atoms with Gasteiger partial charge in [0.25, 0.3) is 0 Å². The maximum atomic E-state index is 2.27. The molecule has 0 saturated carbocycles. The topological polar surface area (TPSA) is 0 Å². The highest BCUT2D eigenvalue weighted by Gasteiger charge is 2.36. The summed E-state index contributed by atoms with van der Waals surface area (Å²) in [7, 11) is 0. The van der Waals surface area contributed by atoms with Gasteiger partial charge in [0.15, 0.2) is 0 Å². The first-order chi connectivity index (χ1) is 8.42. The monoisotopic (exact) mass is 220 g/mol. The SMILES string of the molecule is CCC1C(c2ccccc2)=C1c1ccccc1. The number of allylic oxidation sites excluding steroid dienone is 2. The fourth-order valence-electron chi connectivity index (χ4n) is 2.63. The van der Waals surface area contributed by atoms with Gasteiger partial charge in [0.1, 0.15) is 0 Å². The molecule has 2 aromatic carbocycles. The maximum absolute atomic E-state index is 2.27. The van der Waals surface area contributed by atoms with Crippen LogP contribution in [-0.2, 0) is 0 Å². The summed E-state index contributed by atoms with van der Waals surface area (Å²) >= 11 is 0. The second-order valence-corrected chi connectivity index (χ2v) is 4.52. The third-order valence-corrected chi connectivity index (χ3v) is 3.48. The molecule has 0 aromatic heterocycles. The van der Waals surface area contributed by atoms with E-state index in [1.807, 2.05) is 0 Å². The molecule has 17 heavy (non-hydrogen) atoms. The van der Waals surface area contributed by atoms with Crippen molar-refractivity contribution in [3.8, 4) is 0 Å². The van der Waals surface area contributed by atoms with E-state index in [9.17, 15) is 0 Å². The van der Waals surface area contributed by atoms with Crippen molar-refractivity contribution in [1.29, 1.82) is 0 Å². The molecular formula is C17H16. The van der Waals surface area contributed by atoms with Crippen LogP contribution in [-0.4, -0.2) is 0 Å². The summed E-state index contributed by atoms with van der Waals surface area (Å²) < 4.78 is 0. The van der Waals surface area contributed by atoms with Crippen molar-refractivity contribution in [3.05, 3.63) is 71.8 Å². The maximum Gasteiger partial charge on any atom is 0.0105 e. The molecular weight excluding hydrogens is 204 g/mol. The molecule has 84 valence electrons. The zero-order chi connectivity index (χ0) is 11.7. The zero-order valence-electron chi connectivity index (χ0n) is 10.1. The molecule has 0 aliphatic heterocycles. The fourth-order valence-corrected chi connectivity index (χ4v) is 2.63. The Morgan fingerprint density at radius 1 is 0.706 bits per heavy atom. The standard InChI is InChI=1S/C17H16/c1-2-15-16(13-9-5-3-6-10-13)17(15)14-11-7-4-8-12-14/h3-12,15H,2H2,1H3. The quantitative estimate of drug-likeness (QED) is 0.707. The Hall–Kier alpha value is -1.82. The van der Waals surface area contributed by atoms with Crippen molar-refractivity contribution < 1.29 is 0 Å². The highest BCUT2D eigenvalue weighted by molar-refractivity contribution is 6.10. The van der Waals surface area contributed by atoms with E-state index in [0.717, 1.165) is 0 Å².